The summed E-state index contributed by atoms with van der Waals surface area (Å²) >= 11 is 6.62. The van der Waals surface area contributed by atoms with E-state index < -0.39 is 6.09 Å². The molecule has 2 bridgehead atoms. The van der Waals surface area contributed by atoms with Crippen molar-refractivity contribution in [1.29, 1.82) is 5.26 Å². The Morgan fingerprint density at radius 2 is 2.12 bits per heavy atom. The van der Waals surface area contributed by atoms with E-state index in [1.54, 1.807) is 41.4 Å². The number of nitrogens with zero attached hydrogens (tertiary/aromatic N) is 4. The van der Waals surface area contributed by atoms with Gasteiger partial charge in [0.15, 0.2) is 11.5 Å². The number of likely N-dealkylation sites (tertiary alicyclic amines) is 1. The van der Waals surface area contributed by atoms with Crippen LogP contribution in [0.5, 0.6) is 17.2 Å². The lowest BCUT2D eigenvalue weighted by molar-refractivity contribution is 0.139. The molecule has 0 unspecified atom stereocenters. The third-order valence-electron chi connectivity index (χ3n) is 7.46. The molecule has 0 radical (unpaired) electrons. The average Bonchev–Trinajstić information content (AvgIpc) is 3.62. The van der Waals surface area contributed by atoms with Gasteiger partial charge >= 0.3 is 6.09 Å². The van der Waals surface area contributed by atoms with E-state index in [1.165, 1.54) is 13.3 Å². The van der Waals surface area contributed by atoms with E-state index in [0.29, 0.717) is 63.6 Å². The molecule has 2 fully saturated rings. The molecule has 2 aliphatic rings. The average molecular weight is 571 g/mol. The smallest absolute Gasteiger partial charge is 0.415 e. The number of carbonyl (C=O) groups is 1. The Bertz CT molecular complexity index is 1690. The number of hydrogen-bond acceptors (Lipinski definition) is 9. The number of aromatic nitrogens is 2. The Morgan fingerprint density at radius 1 is 1.24 bits per heavy atom. The summed E-state index contributed by atoms with van der Waals surface area (Å²) < 4.78 is 17.2. The molecular weight excluding hydrogens is 544 g/mol. The standard InChI is InChI=1S/C30H27ClN6O4/c1-17-4-3-7-33-26(17)16-40-21-5-6-24(23(31)9-21)36-29-18(12-32)13-35-25-11-28(27(39-2)10-22(25)29)41-30(38)37-15-19-8-20(37)14-34-19/h3-7,9-11,13,19-20,34H,8,14-16H2,1-2H3,(H,35,36)/t19-,20-/m0/s1. The number of ether oxygens (including phenoxy) is 3. The molecule has 2 aromatic carbocycles. The number of nitrogens with one attached hydrogen (secondary N) is 2. The van der Waals surface area contributed by atoms with Crippen molar-refractivity contribution in [2.24, 2.45) is 0 Å². The molecule has 11 heteroatoms. The van der Waals surface area contributed by atoms with Crippen LogP contribution in [0.4, 0.5) is 16.2 Å². The Kier molecular flexibility index (Phi) is 7.22. The number of carbonyl (C=O) groups excluding carboxylic acids is 1. The number of pyridine rings is 2. The van der Waals surface area contributed by atoms with Crippen molar-refractivity contribution in [3.05, 3.63) is 76.7 Å². The van der Waals surface area contributed by atoms with Crippen molar-refractivity contribution in [3.8, 4) is 23.3 Å². The van der Waals surface area contributed by atoms with Crippen LogP contribution in [0.15, 0.2) is 54.9 Å². The van der Waals surface area contributed by atoms with Crippen molar-refractivity contribution in [3.63, 3.8) is 0 Å². The zero-order valence-electron chi connectivity index (χ0n) is 22.5. The van der Waals surface area contributed by atoms with Gasteiger partial charge in [-0.25, -0.2) is 4.79 Å². The van der Waals surface area contributed by atoms with Gasteiger partial charge in [0, 0.05) is 55.1 Å². The fraction of sp³-hybridized carbons (Fsp3) is 0.267. The van der Waals surface area contributed by atoms with Gasteiger partial charge in [-0.2, -0.15) is 5.26 Å². The number of rotatable bonds is 7. The number of amides is 1. The number of benzene rings is 2. The van der Waals surface area contributed by atoms with Crippen LogP contribution in [0.25, 0.3) is 10.9 Å². The van der Waals surface area contributed by atoms with Crippen LogP contribution < -0.4 is 24.8 Å². The molecule has 2 saturated heterocycles. The van der Waals surface area contributed by atoms with Crippen molar-refractivity contribution >= 4 is 40.0 Å². The summed E-state index contributed by atoms with van der Waals surface area (Å²) in [6.45, 7) is 3.67. The Labute approximate surface area is 241 Å². The molecule has 0 saturated carbocycles. The van der Waals surface area contributed by atoms with Crippen molar-refractivity contribution in [1.82, 2.24) is 20.2 Å². The van der Waals surface area contributed by atoms with Crippen molar-refractivity contribution < 1.29 is 19.0 Å². The summed E-state index contributed by atoms with van der Waals surface area (Å²) in [4.78, 5) is 23.5. The van der Waals surface area contributed by atoms with Crippen LogP contribution in [-0.2, 0) is 6.61 Å². The highest BCUT2D eigenvalue weighted by molar-refractivity contribution is 6.33. The maximum Gasteiger partial charge on any atom is 0.415 e. The normalized spacial score (nSPS) is 17.4. The van der Waals surface area contributed by atoms with Crippen molar-refractivity contribution in [2.75, 3.05) is 25.5 Å². The van der Waals surface area contributed by atoms with Crippen LogP contribution in [0, 0.1) is 18.3 Å². The molecule has 1 amide bonds. The number of halogens is 1. The molecule has 2 aliphatic heterocycles. The second-order valence-electron chi connectivity index (χ2n) is 10.0. The molecule has 0 spiro atoms. The van der Waals surface area contributed by atoms with E-state index in [4.69, 9.17) is 25.8 Å². The van der Waals surface area contributed by atoms with E-state index >= 15 is 0 Å². The first-order valence-electron chi connectivity index (χ1n) is 13.2. The lowest BCUT2D eigenvalue weighted by Gasteiger charge is -2.26. The van der Waals surface area contributed by atoms with Crippen LogP contribution in [0.2, 0.25) is 5.02 Å². The Hall–Kier alpha value is -4.59. The third kappa shape index (κ3) is 5.29. The highest BCUT2D eigenvalue weighted by Crippen LogP contribution is 2.39. The number of aryl methyl sites for hydroxylation is 1. The zero-order valence-corrected chi connectivity index (χ0v) is 23.2. The van der Waals surface area contributed by atoms with Crippen LogP contribution in [0.1, 0.15) is 23.2 Å². The van der Waals surface area contributed by atoms with Crippen LogP contribution in [0.3, 0.4) is 0 Å². The van der Waals surface area contributed by atoms with E-state index in [1.807, 2.05) is 19.1 Å². The minimum atomic E-state index is -0.420. The maximum absolute atomic E-state index is 12.9. The molecule has 6 rings (SSSR count). The Morgan fingerprint density at radius 3 is 2.83 bits per heavy atom. The quantitative estimate of drug-likeness (QED) is 0.303. The number of methoxy groups -OCH3 is 1. The SMILES string of the molecule is COc1cc2c(Nc3ccc(OCc4ncccc4C)cc3Cl)c(C#N)cnc2cc1OC(=O)N1C[C@@H]2C[C@H]1CN2. The van der Waals surface area contributed by atoms with Gasteiger partial charge in [-0.3, -0.25) is 9.97 Å². The van der Waals surface area contributed by atoms with Gasteiger partial charge in [0.1, 0.15) is 18.4 Å². The number of hydrogen-bond donors (Lipinski definition) is 2. The van der Waals surface area contributed by atoms with Gasteiger partial charge in [-0.05, 0) is 43.2 Å². The molecule has 4 heterocycles. The van der Waals surface area contributed by atoms with Gasteiger partial charge < -0.3 is 29.7 Å². The molecule has 0 aliphatic carbocycles. The molecule has 2 aromatic heterocycles. The fourth-order valence-electron chi connectivity index (χ4n) is 5.24. The molecule has 4 aromatic rings. The van der Waals surface area contributed by atoms with Gasteiger partial charge in [0.2, 0.25) is 0 Å². The second-order valence-corrected chi connectivity index (χ2v) is 10.4. The minimum absolute atomic E-state index is 0.131. The monoisotopic (exact) mass is 570 g/mol. The molecular formula is C30H27ClN6O4. The topological polar surface area (TPSA) is 122 Å². The predicted molar refractivity (Wildman–Crippen MR) is 154 cm³/mol. The van der Waals surface area contributed by atoms with Gasteiger partial charge in [-0.1, -0.05) is 17.7 Å². The second kappa shape index (κ2) is 11.1. The summed E-state index contributed by atoms with van der Waals surface area (Å²) in [5.74, 6) is 1.18. The van der Waals surface area contributed by atoms with Crippen molar-refractivity contribution in [2.45, 2.75) is 32.0 Å². The highest BCUT2D eigenvalue weighted by Gasteiger charge is 2.41. The number of fused-ring (bicyclic) bond motifs is 3. The first kappa shape index (κ1) is 26.6. The summed E-state index contributed by atoms with van der Waals surface area (Å²) in [7, 11) is 1.50. The summed E-state index contributed by atoms with van der Waals surface area (Å²) in [5.41, 5.74) is 3.78. The van der Waals surface area contributed by atoms with Gasteiger partial charge in [-0.15, -0.1) is 0 Å². The lowest BCUT2D eigenvalue weighted by atomic mass is 10.1. The van der Waals surface area contributed by atoms with E-state index in [9.17, 15) is 10.1 Å². The van der Waals surface area contributed by atoms with E-state index in [-0.39, 0.29) is 11.8 Å². The largest absolute Gasteiger partial charge is 0.493 e. The summed E-state index contributed by atoms with van der Waals surface area (Å²) in [6.07, 6.45) is 3.70. The fourth-order valence-corrected chi connectivity index (χ4v) is 5.46. The molecule has 208 valence electrons. The summed E-state index contributed by atoms with van der Waals surface area (Å²) in [5, 5.41) is 17.5. The third-order valence-corrected chi connectivity index (χ3v) is 7.77. The van der Waals surface area contributed by atoms with E-state index in [2.05, 4.69) is 26.7 Å². The highest BCUT2D eigenvalue weighted by atomic mass is 35.5. The van der Waals surface area contributed by atoms with E-state index in [0.717, 1.165) is 24.2 Å². The molecule has 2 atom stereocenters. The lowest BCUT2D eigenvalue weighted by Crippen LogP contribution is -2.47. The maximum atomic E-state index is 12.9. The first-order valence-corrected chi connectivity index (χ1v) is 13.5. The van der Waals surface area contributed by atoms with Crippen LogP contribution in [-0.4, -0.2) is 53.2 Å². The Balaban J connectivity index is 1.26. The minimum Gasteiger partial charge on any atom is -0.493 e. The molecule has 41 heavy (non-hydrogen) atoms. The van der Waals surface area contributed by atoms with Gasteiger partial charge in [0.05, 0.1) is 40.3 Å². The first-order chi connectivity index (χ1) is 19.9. The number of nitriles is 1. The predicted octanol–water partition coefficient (Wildman–Crippen LogP) is 5.34. The van der Waals surface area contributed by atoms with Gasteiger partial charge in [0.25, 0.3) is 0 Å². The molecule has 2 N–H and O–H groups in total. The molecule has 10 nitrogen and oxygen atoms in total. The summed E-state index contributed by atoms with van der Waals surface area (Å²) in [6, 6.07) is 15.1. The van der Waals surface area contributed by atoms with Crippen LogP contribution >= 0.6 is 11.6 Å². The number of anilines is 2. The zero-order chi connectivity index (χ0) is 28.5. The number of piperazine rings is 1.